The molecule has 0 unspecified atom stereocenters. The Kier molecular flexibility index (Phi) is 5.54. The van der Waals surface area contributed by atoms with E-state index in [9.17, 15) is 14.9 Å². The standard InChI is InChI=1S/C16H13N3O3S/c20-15(18-16(23)17-13-6-2-1-3-7-13)10-9-12-5-4-8-14(11-12)19(21)22/h1-11H,(H2,17,18,20,23)/b10-9+. The van der Waals surface area contributed by atoms with Gasteiger partial charge in [0.25, 0.3) is 5.69 Å². The summed E-state index contributed by atoms with van der Waals surface area (Å²) < 4.78 is 0. The third-order valence-electron chi connectivity index (χ3n) is 2.78. The molecule has 0 aliphatic heterocycles. The molecule has 2 rings (SSSR count). The van der Waals surface area contributed by atoms with E-state index in [4.69, 9.17) is 12.2 Å². The van der Waals surface area contributed by atoms with Crippen LogP contribution in [-0.4, -0.2) is 15.9 Å². The highest BCUT2D eigenvalue weighted by molar-refractivity contribution is 7.80. The fraction of sp³-hybridized carbons (Fsp3) is 0. The Bertz CT molecular complexity index is 760. The van der Waals surface area contributed by atoms with Crippen LogP contribution >= 0.6 is 12.2 Å². The molecule has 1 amide bonds. The van der Waals surface area contributed by atoms with Crippen molar-refractivity contribution < 1.29 is 9.72 Å². The van der Waals surface area contributed by atoms with Gasteiger partial charge >= 0.3 is 0 Å². The van der Waals surface area contributed by atoms with Crippen molar-refractivity contribution in [1.82, 2.24) is 5.32 Å². The van der Waals surface area contributed by atoms with Crippen LogP contribution in [0.15, 0.2) is 60.7 Å². The minimum atomic E-state index is -0.490. The lowest BCUT2D eigenvalue weighted by molar-refractivity contribution is -0.384. The number of benzene rings is 2. The van der Waals surface area contributed by atoms with Gasteiger partial charge in [-0.1, -0.05) is 30.3 Å². The number of thiocarbonyl (C=S) groups is 1. The van der Waals surface area contributed by atoms with E-state index < -0.39 is 10.8 Å². The SMILES string of the molecule is O=C(/C=C/c1cccc([N+](=O)[O-])c1)NC(=S)Nc1ccccc1. The molecule has 0 heterocycles. The predicted octanol–water partition coefficient (Wildman–Crippen LogP) is 3.12. The first kappa shape index (κ1) is 16.3. The molecular formula is C16H13N3O3S. The largest absolute Gasteiger partial charge is 0.332 e. The molecule has 0 saturated carbocycles. The Morgan fingerprint density at radius 2 is 1.87 bits per heavy atom. The summed E-state index contributed by atoms with van der Waals surface area (Å²) in [6.07, 6.45) is 2.74. The third kappa shape index (κ3) is 5.33. The highest BCUT2D eigenvalue weighted by Crippen LogP contribution is 2.14. The van der Waals surface area contributed by atoms with Crippen LogP contribution in [0.25, 0.3) is 6.08 Å². The van der Waals surface area contributed by atoms with E-state index in [1.165, 1.54) is 24.3 Å². The first-order chi connectivity index (χ1) is 11.0. The molecule has 0 atom stereocenters. The number of nitro groups is 1. The van der Waals surface area contributed by atoms with Crippen LogP contribution in [-0.2, 0) is 4.79 Å². The highest BCUT2D eigenvalue weighted by Gasteiger charge is 2.05. The number of anilines is 1. The summed E-state index contributed by atoms with van der Waals surface area (Å²) in [5.41, 5.74) is 1.28. The molecule has 6 nitrogen and oxygen atoms in total. The summed E-state index contributed by atoms with van der Waals surface area (Å²) in [6, 6.07) is 15.2. The molecule has 116 valence electrons. The van der Waals surface area contributed by atoms with Crippen molar-refractivity contribution in [1.29, 1.82) is 0 Å². The molecule has 2 aromatic carbocycles. The van der Waals surface area contributed by atoms with Crippen molar-refractivity contribution in [2.45, 2.75) is 0 Å². The molecule has 7 heteroatoms. The number of non-ortho nitro benzene ring substituents is 1. The Balaban J connectivity index is 1.92. The van der Waals surface area contributed by atoms with E-state index in [2.05, 4.69) is 10.6 Å². The van der Waals surface area contributed by atoms with E-state index in [-0.39, 0.29) is 10.8 Å². The molecule has 23 heavy (non-hydrogen) atoms. The van der Waals surface area contributed by atoms with Gasteiger partial charge in [-0.25, -0.2) is 0 Å². The van der Waals surface area contributed by atoms with Crippen molar-refractivity contribution in [3.05, 3.63) is 76.4 Å². The second-order valence-electron chi connectivity index (χ2n) is 4.49. The topological polar surface area (TPSA) is 84.3 Å². The number of nitrogens with one attached hydrogen (secondary N) is 2. The van der Waals surface area contributed by atoms with Crippen LogP contribution in [0.2, 0.25) is 0 Å². The zero-order chi connectivity index (χ0) is 16.7. The van der Waals surface area contributed by atoms with Crippen LogP contribution in [0, 0.1) is 10.1 Å². The lowest BCUT2D eigenvalue weighted by Gasteiger charge is -2.07. The number of rotatable bonds is 4. The van der Waals surface area contributed by atoms with Crippen LogP contribution in [0.4, 0.5) is 11.4 Å². The molecule has 0 aliphatic rings. The lowest BCUT2D eigenvalue weighted by atomic mass is 10.2. The summed E-state index contributed by atoms with van der Waals surface area (Å²) in [6.45, 7) is 0. The fourth-order valence-electron chi connectivity index (χ4n) is 1.75. The van der Waals surface area contributed by atoms with Gasteiger partial charge in [0.15, 0.2) is 5.11 Å². The van der Waals surface area contributed by atoms with Crippen LogP contribution in [0.1, 0.15) is 5.56 Å². The maximum Gasteiger partial charge on any atom is 0.270 e. The van der Waals surface area contributed by atoms with E-state index >= 15 is 0 Å². The van der Waals surface area contributed by atoms with Crippen LogP contribution in [0.3, 0.4) is 0 Å². The summed E-state index contributed by atoms with van der Waals surface area (Å²) in [5.74, 6) is -0.426. The highest BCUT2D eigenvalue weighted by atomic mass is 32.1. The molecule has 0 aliphatic carbocycles. The maximum absolute atomic E-state index is 11.8. The van der Waals surface area contributed by atoms with Gasteiger partial charge in [-0.15, -0.1) is 0 Å². The molecule has 0 bridgehead atoms. The summed E-state index contributed by atoms with van der Waals surface area (Å²) in [7, 11) is 0. The van der Waals surface area contributed by atoms with Gasteiger partial charge in [-0.2, -0.15) is 0 Å². The second-order valence-corrected chi connectivity index (χ2v) is 4.90. The van der Waals surface area contributed by atoms with Crippen molar-refractivity contribution in [2.24, 2.45) is 0 Å². The van der Waals surface area contributed by atoms with Crippen molar-refractivity contribution in [3.63, 3.8) is 0 Å². The second kappa shape index (κ2) is 7.81. The third-order valence-corrected chi connectivity index (χ3v) is 2.98. The number of nitro benzene ring substituents is 1. The number of para-hydroxylation sites is 1. The normalized spacial score (nSPS) is 10.3. The van der Waals surface area contributed by atoms with Gasteiger partial charge in [0.1, 0.15) is 0 Å². The monoisotopic (exact) mass is 327 g/mol. The summed E-state index contributed by atoms with van der Waals surface area (Å²) in [4.78, 5) is 22.0. The quantitative estimate of drug-likeness (QED) is 0.390. The summed E-state index contributed by atoms with van der Waals surface area (Å²) >= 11 is 5.03. The predicted molar refractivity (Wildman–Crippen MR) is 92.9 cm³/mol. The van der Waals surface area contributed by atoms with E-state index in [0.717, 1.165) is 5.69 Å². The minimum absolute atomic E-state index is 0.0335. The molecular weight excluding hydrogens is 314 g/mol. The lowest BCUT2D eigenvalue weighted by Crippen LogP contribution is -2.32. The van der Waals surface area contributed by atoms with Gasteiger partial charge in [0, 0.05) is 23.9 Å². The molecule has 0 radical (unpaired) electrons. The smallest absolute Gasteiger partial charge is 0.270 e. The average Bonchev–Trinajstić information content (AvgIpc) is 2.54. The van der Waals surface area contributed by atoms with Crippen LogP contribution in [0.5, 0.6) is 0 Å². The summed E-state index contributed by atoms with van der Waals surface area (Å²) in [5, 5.41) is 16.2. The molecule has 0 fully saturated rings. The van der Waals surface area contributed by atoms with Gasteiger partial charge in [-0.3, -0.25) is 20.2 Å². The zero-order valence-electron chi connectivity index (χ0n) is 11.9. The van der Waals surface area contributed by atoms with Crippen molar-refractivity contribution in [2.75, 3.05) is 5.32 Å². The maximum atomic E-state index is 11.8. The van der Waals surface area contributed by atoms with E-state index in [1.54, 1.807) is 12.1 Å². The molecule has 2 aromatic rings. The number of amides is 1. The number of hydrogen-bond donors (Lipinski definition) is 2. The van der Waals surface area contributed by atoms with Crippen molar-refractivity contribution in [3.8, 4) is 0 Å². The van der Waals surface area contributed by atoms with Gasteiger partial charge in [-0.05, 0) is 36.0 Å². The Labute approximate surface area is 138 Å². The fourth-order valence-corrected chi connectivity index (χ4v) is 1.97. The molecule has 2 N–H and O–H groups in total. The number of carbonyl (C=O) groups excluding carboxylic acids is 1. The Hall–Kier alpha value is -3.06. The van der Waals surface area contributed by atoms with Crippen molar-refractivity contribution >= 4 is 40.7 Å². The molecule has 0 spiro atoms. The Morgan fingerprint density at radius 1 is 1.13 bits per heavy atom. The zero-order valence-corrected chi connectivity index (χ0v) is 12.7. The number of nitrogens with zero attached hydrogens (tertiary/aromatic N) is 1. The van der Waals surface area contributed by atoms with E-state index in [1.807, 2.05) is 30.3 Å². The number of hydrogen-bond acceptors (Lipinski definition) is 4. The van der Waals surface area contributed by atoms with E-state index in [0.29, 0.717) is 5.56 Å². The van der Waals surface area contributed by atoms with Gasteiger partial charge in [0.2, 0.25) is 5.91 Å². The first-order valence-electron chi connectivity index (χ1n) is 6.64. The van der Waals surface area contributed by atoms with Gasteiger partial charge in [0.05, 0.1) is 4.92 Å². The van der Waals surface area contributed by atoms with Crippen LogP contribution < -0.4 is 10.6 Å². The Morgan fingerprint density at radius 3 is 2.57 bits per heavy atom. The molecule has 0 aromatic heterocycles. The first-order valence-corrected chi connectivity index (χ1v) is 7.05. The molecule has 0 saturated heterocycles. The minimum Gasteiger partial charge on any atom is -0.332 e. The average molecular weight is 327 g/mol. The number of carbonyl (C=O) groups is 1. The van der Waals surface area contributed by atoms with Gasteiger partial charge < -0.3 is 5.32 Å².